The number of likely N-dealkylation sites (N-methyl/N-ethyl adjacent to an activating group) is 1. The summed E-state index contributed by atoms with van der Waals surface area (Å²) in [6.45, 7) is 5.10. The van der Waals surface area contributed by atoms with Crippen molar-refractivity contribution in [3.8, 4) is 0 Å². The summed E-state index contributed by atoms with van der Waals surface area (Å²) in [5, 5.41) is 6.96. The lowest BCUT2D eigenvalue weighted by Gasteiger charge is -2.21. The predicted octanol–water partition coefficient (Wildman–Crippen LogP) is 1.77. The zero-order chi connectivity index (χ0) is 20.1. The second-order valence-corrected chi connectivity index (χ2v) is 6.86. The molecule has 0 radical (unpaired) electrons. The molecule has 8 heteroatoms. The van der Waals surface area contributed by atoms with Crippen LogP contribution in [0.5, 0.6) is 0 Å². The summed E-state index contributed by atoms with van der Waals surface area (Å²) in [6, 6.07) is 9.35. The number of hydrogen-bond donors (Lipinski definition) is 1. The van der Waals surface area contributed by atoms with E-state index in [0.717, 1.165) is 29.8 Å². The number of nitrogens with one attached hydrogen (secondary N) is 1. The minimum Gasteiger partial charge on any atom is -0.354 e. The molecule has 2 heterocycles. The van der Waals surface area contributed by atoms with Crippen molar-refractivity contribution in [1.29, 1.82) is 0 Å². The van der Waals surface area contributed by atoms with E-state index in [1.165, 1.54) is 4.90 Å². The summed E-state index contributed by atoms with van der Waals surface area (Å²) >= 11 is 0. The van der Waals surface area contributed by atoms with E-state index in [2.05, 4.69) is 26.0 Å². The number of aromatic nitrogens is 4. The zero-order valence-corrected chi connectivity index (χ0v) is 16.5. The molecule has 1 N–H and O–H groups in total. The van der Waals surface area contributed by atoms with Crippen LogP contribution in [0, 0.1) is 6.92 Å². The highest BCUT2D eigenvalue weighted by molar-refractivity contribution is 5.86. The topological polar surface area (TPSA) is 85.0 Å². The minimum atomic E-state index is -0.440. The highest BCUT2D eigenvalue weighted by Crippen LogP contribution is 2.15. The molecule has 0 saturated carbocycles. The molecule has 0 aliphatic heterocycles. The number of imidazole rings is 1. The van der Waals surface area contributed by atoms with Crippen LogP contribution in [0.2, 0.25) is 0 Å². The quantitative estimate of drug-likeness (QED) is 0.602. The van der Waals surface area contributed by atoms with Crippen molar-refractivity contribution in [1.82, 2.24) is 29.5 Å². The molecule has 0 aliphatic carbocycles. The van der Waals surface area contributed by atoms with Gasteiger partial charge < -0.3 is 14.8 Å². The Hall–Kier alpha value is -3.16. The van der Waals surface area contributed by atoms with Gasteiger partial charge in [-0.1, -0.05) is 12.1 Å². The normalized spacial score (nSPS) is 12.1. The Kier molecular flexibility index (Phi) is 6.08. The highest BCUT2D eigenvalue weighted by atomic mass is 16.2. The smallest absolute Gasteiger partial charge is 0.247 e. The molecule has 3 rings (SSSR count). The van der Waals surface area contributed by atoms with Gasteiger partial charge in [0.1, 0.15) is 11.9 Å². The van der Waals surface area contributed by atoms with Crippen molar-refractivity contribution in [2.24, 2.45) is 0 Å². The van der Waals surface area contributed by atoms with E-state index in [1.54, 1.807) is 37.1 Å². The maximum Gasteiger partial charge on any atom is 0.247 e. The van der Waals surface area contributed by atoms with Gasteiger partial charge >= 0.3 is 0 Å². The predicted molar refractivity (Wildman–Crippen MR) is 107 cm³/mol. The van der Waals surface area contributed by atoms with Crippen LogP contribution in [0.3, 0.4) is 0 Å². The first kappa shape index (κ1) is 19.6. The van der Waals surface area contributed by atoms with Gasteiger partial charge in [0.15, 0.2) is 0 Å². The SMILES string of the molecule is Cc1nc2ccccc2n1CCCNC(=O)CN(C)C(=O)C(C)n1cccn1. The minimum absolute atomic E-state index is 0.0253. The molecule has 2 aromatic heterocycles. The van der Waals surface area contributed by atoms with E-state index >= 15 is 0 Å². The van der Waals surface area contributed by atoms with E-state index in [0.29, 0.717) is 6.54 Å². The number of nitrogens with zero attached hydrogens (tertiary/aromatic N) is 5. The summed E-state index contributed by atoms with van der Waals surface area (Å²) in [5.74, 6) is 0.639. The van der Waals surface area contributed by atoms with E-state index in [4.69, 9.17) is 0 Å². The first-order valence-corrected chi connectivity index (χ1v) is 9.40. The van der Waals surface area contributed by atoms with Gasteiger partial charge in [-0.25, -0.2) is 4.98 Å². The number of aryl methyl sites for hydroxylation is 2. The Morgan fingerprint density at radius 1 is 1.25 bits per heavy atom. The van der Waals surface area contributed by atoms with Crippen molar-refractivity contribution in [2.75, 3.05) is 20.1 Å². The molecule has 0 aliphatic rings. The maximum atomic E-state index is 12.4. The summed E-state index contributed by atoms with van der Waals surface area (Å²) in [5.41, 5.74) is 2.08. The van der Waals surface area contributed by atoms with E-state index in [-0.39, 0.29) is 18.4 Å². The summed E-state index contributed by atoms with van der Waals surface area (Å²) < 4.78 is 3.73. The van der Waals surface area contributed by atoms with Crippen LogP contribution in [-0.2, 0) is 16.1 Å². The number of rotatable bonds is 8. The number of benzene rings is 1. The Balaban J connectivity index is 1.44. The molecule has 0 fully saturated rings. The summed E-state index contributed by atoms with van der Waals surface area (Å²) in [4.78, 5) is 30.5. The average molecular weight is 382 g/mol. The van der Waals surface area contributed by atoms with Crippen molar-refractivity contribution >= 4 is 22.8 Å². The fourth-order valence-corrected chi connectivity index (χ4v) is 3.23. The lowest BCUT2D eigenvalue weighted by molar-refractivity contribution is -0.137. The van der Waals surface area contributed by atoms with E-state index in [1.807, 2.05) is 25.1 Å². The fourth-order valence-electron chi connectivity index (χ4n) is 3.23. The van der Waals surface area contributed by atoms with Crippen molar-refractivity contribution in [3.05, 3.63) is 48.5 Å². The zero-order valence-electron chi connectivity index (χ0n) is 16.5. The van der Waals surface area contributed by atoms with Crippen LogP contribution in [0.15, 0.2) is 42.7 Å². The van der Waals surface area contributed by atoms with Gasteiger partial charge in [-0.15, -0.1) is 0 Å². The number of carbonyl (C=O) groups is 2. The molecule has 1 aromatic carbocycles. The van der Waals surface area contributed by atoms with Crippen LogP contribution >= 0.6 is 0 Å². The largest absolute Gasteiger partial charge is 0.354 e. The molecule has 0 spiro atoms. The second-order valence-electron chi connectivity index (χ2n) is 6.86. The van der Waals surface area contributed by atoms with Gasteiger partial charge in [0.05, 0.1) is 17.6 Å². The lowest BCUT2D eigenvalue weighted by Crippen LogP contribution is -2.41. The Morgan fingerprint density at radius 3 is 2.79 bits per heavy atom. The van der Waals surface area contributed by atoms with Crippen molar-refractivity contribution in [3.63, 3.8) is 0 Å². The Bertz CT molecular complexity index is 947. The Morgan fingerprint density at radius 2 is 2.04 bits per heavy atom. The molecule has 3 aromatic rings. The monoisotopic (exact) mass is 382 g/mol. The summed E-state index contributed by atoms with van der Waals surface area (Å²) in [7, 11) is 1.63. The first-order valence-electron chi connectivity index (χ1n) is 9.40. The standard InChI is InChI=1S/C20H26N6O2/c1-15(26-13-7-11-22-26)20(28)24(3)14-19(27)21-10-6-12-25-16(2)23-17-8-4-5-9-18(17)25/h4-5,7-9,11,13,15H,6,10,12,14H2,1-3H3,(H,21,27). The number of hydrogen-bond acceptors (Lipinski definition) is 4. The molecule has 8 nitrogen and oxygen atoms in total. The van der Waals surface area contributed by atoms with Gasteiger partial charge in [-0.2, -0.15) is 5.10 Å². The third kappa shape index (κ3) is 4.39. The van der Waals surface area contributed by atoms with Gasteiger partial charge in [0.2, 0.25) is 11.8 Å². The van der Waals surface area contributed by atoms with Gasteiger partial charge in [0.25, 0.3) is 0 Å². The lowest BCUT2D eigenvalue weighted by atomic mass is 10.3. The second kappa shape index (κ2) is 8.69. The maximum absolute atomic E-state index is 12.4. The molecular formula is C20H26N6O2. The fraction of sp³-hybridized carbons (Fsp3) is 0.400. The Labute approximate surface area is 164 Å². The number of fused-ring (bicyclic) bond motifs is 1. The number of para-hydroxylation sites is 2. The number of carbonyl (C=O) groups excluding carboxylic acids is 2. The molecule has 0 saturated heterocycles. The highest BCUT2D eigenvalue weighted by Gasteiger charge is 2.21. The third-order valence-electron chi connectivity index (χ3n) is 4.76. The van der Waals surface area contributed by atoms with E-state index < -0.39 is 6.04 Å². The summed E-state index contributed by atoms with van der Waals surface area (Å²) in [6.07, 6.45) is 4.15. The third-order valence-corrected chi connectivity index (χ3v) is 4.76. The molecule has 1 atom stereocenters. The molecule has 2 amide bonds. The molecule has 148 valence electrons. The van der Waals surface area contributed by atoms with Crippen molar-refractivity contribution in [2.45, 2.75) is 32.9 Å². The van der Waals surface area contributed by atoms with E-state index in [9.17, 15) is 9.59 Å². The van der Waals surface area contributed by atoms with Gasteiger partial charge in [-0.3, -0.25) is 14.3 Å². The van der Waals surface area contributed by atoms with Crippen LogP contribution < -0.4 is 5.32 Å². The van der Waals surface area contributed by atoms with Crippen LogP contribution in [0.4, 0.5) is 0 Å². The average Bonchev–Trinajstić information content (AvgIpc) is 3.32. The number of amides is 2. The molecule has 28 heavy (non-hydrogen) atoms. The van der Waals surface area contributed by atoms with Crippen molar-refractivity contribution < 1.29 is 9.59 Å². The molecular weight excluding hydrogens is 356 g/mol. The van der Waals surface area contributed by atoms with Crippen LogP contribution in [0.1, 0.15) is 25.2 Å². The van der Waals surface area contributed by atoms with Crippen LogP contribution in [0.25, 0.3) is 11.0 Å². The van der Waals surface area contributed by atoms with Gasteiger partial charge in [0, 0.05) is 32.5 Å². The first-order chi connectivity index (χ1) is 13.5. The van der Waals surface area contributed by atoms with Gasteiger partial charge in [-0.05, 0) is 38.5 Å². The van der Waals surface area contributed by atoms with Crippen LogP contribution in [-0.4, -0.2) is 56.2 Å². The molecule has 0 bridgehead atoms. The molecule has 1 unspecified atom stereocenters.